The molecule has 4 nitrogen and oxygen atoms in total. The molecule has 0 spiro atoms. The summed E-state index contributed by atoms with van der Waals surface area (Å²) in [5.74, 6) is 0.737. The van der Waals surface area contributed by atoms with Crippen LogP contribution in [0.1, 0.15) is 30.9 Å². The average Bonchev–Trinajstić information content (AvgIpc) is 2.75. The van der Waals surface area contributed by atoms with Crippen molar-refractivity contribution in [2.45, 2.75) is 26.2 Å². The van der Waals surface area contributed by atoms with Crippen LogP contribution in [-0.4, -0.2) is 30.4 Å². The summed E-state index contributed by atoms with van der Waals surface area (Å²) in [6, 6.07) is 6.07. The lowest BCUT2D eigenvalue weighted by Crippen LogP contribution is -2.32. The van der Waals surface area contributed by atoms with Crippen molar-refractivity contribution < 1.29 is 14.3 Å². The van der Waals surface area contributed by atoms with Gasteiger partial charge >= 0.3 is 0 Å². The molecule has 0 aliphatic carbocycles. The first kappa shape index (κ1) is 14.3. The fourth-order valence-electron chi connectivity index (χ4n) is 2.24. The van der Waals surface area contributed by atoms with E-state index in [9.17, 15) is 9.59 Å². The summed E-state index contributed by atoms with van der Waals surface area (Å²) in [7, 11) is 1.63. The highest BCUT2D eigenvalue weighted by atomic mass is 16.5. The number of nitrogens with zero attached hydrogens (tertiary/aromatic N) is 1. The lowest BCUT2D eigenvalue weighted by molar-refractivity contribution is -0.136. The number of carbonyl (C=O) groups is 2. The van der Waals surface area contributed by atoms with Crippen LogP contribution in [0.3, 0.4) is 0 Å². The van der Waals surface area contributed by atoms with Crippen molar-refractivity contribution >= 4 is 11.8 Å². The summed E-state index contributed by atoms with van der Waals surface area (Å²) in [5.41, 5.74) is 2.24. The maximum absolute atomic E-state index is 11.5. The molecule has 1 aromatic rings. The molecular weight excluding hydrogens is 254 g/mol. The Bertz CT molecular complexity index is 543. The molecule has 4 heteroatoms. The maximum Gasteiger partial charge on any atom is 0.253 e. The van der Waals surface area contributed by atoms with Gasteiger partial charge in [0.15, 0.2) is 0 Å². The SMILES string of the molecule is COc1ccc(C(C)C)cc1CCN1C(=O)C=CC1=O. The van der Waals surface area contributed by atoms with E-state index in [0.29, 0.717) is 18.9 Å². The van der Waals surface area contributed by atoms with E-state index in [1.165, 1.54) is 22.6 Å². The van der Waals surface area contributed by atoms with Gasteiger partial charge in [-0.25, -0.2) is 0 Å². The van der Waals surface area contributed by atoms with Crippen molar-refractivity contribution in [3.05, 3.63) is 41.5 Å². The number of benzene rings is 1. The van der Waals surface area contributed by atoms with Gasteiger partial charge in [0.1, 0.15) is 5.75 Å². The van der Waals surface area contributed by atoms with Gasteiger partial charge in [-0.3, -0.25) is 14.5 Å². The largest absolute Gasteiger partial charge is 0.496 e. The quantitative estimate of drug-likeness (QED) is 0.773. The minimum atomic E-state index is -0.242. The van der Waals surface area contributed by atoms with Crippen molar-refractivity contribution in [2.24, 2.45) is 0 Å². The second kappa shape index (κ2) is 5.90. The van der Waals surface area contributed by atoms with Gasteiger partial charge in [-0.05, 0) is 29.5 Å². The Balaban J connectivity index is 2.13. The van der Waals surface area contributed by atoms with Gasteiger partial charge in [0, 0.05) is 18.7 Å². The third-order valence-electron chi connectivity index (χ3n) is 3.48. The topological polar surface area (TPSA) is 46.6 Å². The number of hydrogen-bond donors (Lipinski definition) is 0. The van der Waals surface area contributed by atoms with Crippen LogP contribution in [-0.2, 0) is 16.0 Å². The van der Waals surface area contributed by atoms with E-state index in [1.807, 2.05) is 12.1 Å². The van der Waals surface area contributed by atoms with Crippen LogP contribution in [0.25, 0.3) is 0 Å². The first-order chi connectivity index (χ1) is 9.52. The minimum absolute atomic E-state index is 0.242. The molecule has 0 atom stereocenters. The second-order valence-corrected chi connectivity index (χ2v) is 5.14. The van der Waals surface area contributed by atoms with Crippen molar-refractivity contribution in [1.82, 2.24) is 4.90 Å². The van der Waals surface area contributed by atoms with Crippen molar-refractivity contribution in [2.75, 3.05) is 13.7 Å². The first-order valence-corrected chi connectivity index (χ1v) is 6.73. The molecule has 0 radical (unpaired) electrons. The van der Waals surface area contributed by atoms with Crippen LogP contribution in [0.2, 0.25) is 0 Å². The van der Waals surface area contributed by atoms with Gasteiger partial charge in [-0.15, -0.1) is 0 Å². The monoisotopic (exact) mass is 273 g/mol. The molecule has 0 unspecified atom stereocenters. The van der Waals surface area contributed by atoms with Crippen LogP contribution < -0.4 is 4.74 Å². The molecule has 1 aromatic carbocycles. The smallest absolute Gasteiger partial charge is 0.253 e. The van der Waals surface area contributed by atoms with Crippen LogP contribution in [0.5, 0.6) is 5.75 Å². The second-order valence-electron chi connectivity index (χ2n) is 5.14. The van der Waals surface area contributed by atoms with Gasteiger partial charge < -0.3 is 4.74 Å². The Morgan fingerprint density at radius 1 is 1.15 bits per heavy atom. The molecule has 0 saturated carbocycles. The predicted molar refractivity (Wildman–Crippen MR) is 76.6 cm³/mol. The molecule has 1 heterocycles. The van der Waals surface area contributed by atoms with Crippen LogP contribution in [0.15, 0.2) is 30.4 Å². The van der Waals surface area contributed by atoms with E-state index in [0.717, 1.165) is 11.3 Å². The predicted octanol–water partition coefficient (Wildman–Crippen LogP) is 2.29. The number of ether oxygens (including phenoxy) is 1. The summed E-state index contributed by atoms with van der Waals surface area (Å²) >= 11 is 0. The number of methoxy groups -OCH3 is 1. The van der Waals surface area contributed by atoms with Gasteiger partial charge in [-0.2, -0.15) is 0 Å². The highest BCUT2D eigenvalue weighted by molar-refractivity contribution is 6.12. The number of rotatable bonds is 5. The lowest BCUT2D eigenvalue weighted by atomic mass is 9.99. The van der Waals surface area contributed by atoms with E-state index in [4.69, 9.17) is 4.74 Å². The van der Waals surface area contributed by atoms with E-state index >= 15 is 0 Å². The van der Waals surface area contributed by atoms with E-state index in [-0.39, 0.29) is 11.8 Å². The van der Waals surface area contributed by atoms with Crippen molar-refractivity contribution in [3.63, 3.8) is 0 Å². The maximum atomic E-state index is 11.5. The van der Waals surface area contributed by atoms with Crippen LogP contribution >= 0.6 is 0 Å². The minimum Gasteiger partial charge on any atom is -0.496 e. The molecule has 2 rings (SSSR count). The molecular formula is C16H19NO3. The highest BCUT2D eigenvalue weighted by Crippen LogP contribution is 2.25. The third-order valence-corrected chi connectivity index (χ3v) is 3.48. The van der Waals surface area contributed by atoms with Crippen LogP contribution in [0, 0.1) is 0 Å². The molecule has 0 N–H and O–H groups in total. The molecule has 0 aromatic heterocycles. The Labute approximate surface area is 119 Å². The summed E-state index contributed by atoms with van der Waals surface area (Å²) in [5, 5.41) is 0. The van der Waals surface area contributed by atoms with Gasteiger partial charge in [-0.1, -0.05) is 26.0 Å². The first-order valence-electron chi connectivity index (χ1n) is 6.73. The average molecular weight is 273 g/mol. The molecule has 1 aliphatic rings. The Kier molecular flexibility index (Phi) is 4.23. The number of carbonyl (C=O) groups excluding carboxylic acids is 2. The van der Waals surface area contributed by atoms with Crippen LogP contribution in [0.4, 0.5) is 0 Å². The summed E-state index contributed by atoms with van der Waals surface area (Å²) in [6.07, 6.45) is 3.22. The number of amides is 2. The van der Waals surface area contributed by atoms with Crippen molar-refractivity contribution in [1.29, 1.82) is 0 Å². The summed E-state index contributed by atoms with van der Waals surface area (Å²) in [6.45, 7) is 4.63. The molecule has 1 aliphatic heterocycles. The Hall–Kier alpha value is -2.10. The van der Waals surface area contributed by atoms with E-state index in [2.05, 4.69) is 19.9 Å². The molecule has 0 saturated heterocycles. The van der Waals surface area contributed by atoms with E-state index < -0.39 is 0 Å². The Morgan fingerprint density at radius 3 is 2.35 bits per heavy atom. The van der Waals surface area contributed by atoms with Gasteiger partial charge in [0.2, 0.25) is 0 Å². The summed E-state index contributed by atoms with van der Waals surface area (Å²) in [4.78, 5) is 24.3. The fraction of sp³-hybridized carbons (Fsp3) is 0.375. The zero-order valence-corrected chi connectivity index (χ0v) is 12.1. The standard InChI is InChI=1S/C16H19NO3/c1-11(2)12-4-5-14(20-3)13(10-12)8-9-17-15(18)6-7-16(17)19/h4-7,10-11H,8-9H2,1-3H3. The summed E-state index contributed by atoms with van der Waals surface area (Å²) < 4.78 is 5.34. The molecule has 0 fully saturated rings. The zero-order valence-electron chi connectivity index (χ0n) is 12.1. The molecule has 0 bridgehead atoms. The zero-order chi connectivity index (χ0) is 14.7. The number of hydrogen-bond acceptors (Lipinski definition) is 3. The fourth-order valence-corrected chi connectivity index (χ4v) is 2.24. The van der Waals surface area contributed by atoms with Gasteiger partial charge in [0.05, 0.1) is 7.11 Å². The molecule has 2 amide bonds. The number of imide groups is 1. The van der Waals surface area contributed by atoms with Gasteiger partial charge in [0.25, 0.3) is 11.8 Å². The third kappa shape index (κ3) is 2.90. The normalized spacial score (nSPS) is 14.5. The van der Waals surface area contributed by atoms with Crippen molar-refractivity contribution in [3.8, 4) is 5.75 Å². The van der Waals surface area contributed by atoms with E-state index in [1.54, 1.807) is 7.11 Å². The molecule has 106 valence electrons. The molecule has 20 heavy (non-hydrogen) atoms. The Morgan fingerprint density at radius 2 is 1.80 bits per heavy atom. The lowest BCUT2D eigenvalue weighted by Gasteiger charge is -2.16. The highest BCUT2D eigenvalue weighted by Gasteiger charge is 2.23.